The Balaban J connectivity index is 3.04. The summed E-state index contributed by atoms with van der Waals surface area (Å²) in [5.74, 6) is 0.138. The summed E-state index contributed by atoms with van der Waals surface area (Å²) in [4.78, 5) is 14.7. The van der Waals surface area contributed by atoms with Crippen molar-refractivity contribution in [3.05, 3.63) is 13.7 Å². The third-order valence-corrected chi connectivity index (χ3v) is 6.15. The highest BCUT2D eigenvalue weighted by atomic mass is 79.9. The SMILES string of the molecule is CCCN(CCC)C(=O)[C@H](CC)n1nc(Br)c(Br)c1Br. The number of aromatic nitrogens is 2. The molecule has 0 N–H and O–H groups in total. The topological polar surface area (TPSA) is 38.1 Å². The molecule has 0 aliphatic rings. The smallest absolute Gasteiger partial charge is 0.247 e. The molecule has 0 saturated carbocycles. The summed E-state index contributed by atoms with van der Waals surface area (Å²) in [5, 5.41) is 4.40. The number of halogens is 3. The van der Waals surface area contributed by atoms with Crippen molar-refractivity contribution >= 4 is 53.7 Å². The molecular weight excluding hydrogens is 454 g/mol. The molecule has 0 unspecified atom stereocenters. The Morgan fingerprint density at radius 2 is 1.75 bits per heavy atom. The van der Waals surface area contributed by atoms with Crippen LogP contribution in [0, 0.1) is 0 Å². The Labute approximate surface area is 145 Å². The minimum atomic E-state index is -0.273. The van der Waals surface area contributed by atoms with Crippen LogP contribution < -0.4 is 0 Å². The van der Waals surface area contributed by atoms with Crippen LogP contribution in [0.25, 0.3) is 0 Å². The van der Waals surface area contributed by atoms with Crippen molar-refractivity contribution in [2.75, 3.05) is 13.1 Å². The molecule has 0 radical (unpaired) electrons. The largest absolute Gasteiger partial charge is 0.341 e. The summed E-state index contributed by atoms with van der Waals surface area (Å²) in [6.07, 6.45) is 2.65. The molecule has 0 fully saturated rings. The van der Waals surface area contributed by atoms with Crippen LogP contribution in [-0.2, 0) is 4.79 Å². The molecule has 1 heterocycles. The van der Waals surface area contributed by atoms with Gasteiger partial charge in [0.05, 0.1) is 4.47 Å². The standard InChI is InChI=1S/C13H20Br3N3O/c1-4-7-18(8-5-2)13(20)9(6-3)19-12(16)10(14)11(15)17-19/h9H,4-8H2,1-3H3/t9-/m0/s1. The van der Waals surface area contributed by atoms with Gasteiger partial charge in [-0.25, -0.2) is 4.68 Å². The fourth-order valence-electron chi connectivity index (χ4n) is 2.11. The lowest BCUT2D eigenvalue weighted by molar-refractivity contribution is -0.135. The molecule has 1 rings (SSSR count). The monoisotopic (exact) mass is 471 g/mol. The van der Waals surface area contributed by atoms with Gasteiger partial charge in [-0.05, 0) is 67.1 Å². The van der Waals surface area contributed by atoms with Crippen molar-refractivity contribution in [1.29, 1.82) is 0 Å². The van der Waals surface area contributed by atoms with Crippen molar-refractivity contribution in [2.45, 2.75) is 46.1 Å². The Bertz CT molecular complexity index is 456. The second-order valence-corrected chi connectivity index (χ2v) is 6.88. The van der Waals surface area contributed by atoms with Crippen LogP contribution in [0.5, 0.6) is 0 Å². The number of hydrogen-bond acceptors (Lipinski definition) is 2. The molecule has 0 bridgehead atoms. The first-order chi connectivity index (χ1) is 9.47. The summed E-state index contributed by atoms with van der Waals surface area (Å²) in [5.41, 5.74) is 0. The van der Waals surface area contributed by atoms with E-state index < -0.39 is 0 Å². The first-order valence-corrected chi connectivity index (χ1v) is 9.23. The van der Waals surface area contributed by atoms with Crippen LogP contribution in [0.1, 0.15) is 46.1 Å². The van der Waals surface area contributed by atoms with E-state index in [-0.39, 0.29) is 11.9 Å². The van der Waals surface area contributed by atoms with E-state index in [4.69, 9.17) is 0 Å². The number of carbonyl (C=O) groups excluding carboxylic acids is 1. The molecule has 7 heteroatoms. The van der Waals surface area contributed by atoms with E-state index in [0.29, 0.717) is 11.0 Å². The highest BCUT2D eigenvalue weighted by Crippen LogP contribution is 2.33. The van der Waals surface area contributed by atoms with Gasteiger partial charge in [-0.2, -0.15) is 5.10 Å². The molecule has 0 aliphatic carbocycles. The summed E-state index contributed by atoms with van der Waals surface area (Å²) in [6, 6.07) is -0.273. The lowest BCUT2D eigenvalue weighted by Gasteiger charge is -2.26. The second kappa shape index (κ2) is 8.54. The third-order valence-electron chi connectivity index (χ3n) is 3.02. The molecule has 1 atom stereocenters. The van der Waals surface area contributed by atoms with Crippen molar-refractivity contribution in [1.82, 2.24) is 14.7 Å². The Morgan fingerprint density at radius 1 is 1.20 bits per heavy atom. The van der Waals surface area contributed by atoms with Gasteiger partial charge in [0, 0.05) is 13.1 Å². The van der Waals surface area contributed by atoms with E-state index in [2.05, 4.69) is 66.7 Å². The average molecular weight is 474 g/mol. The van der Waals surface area contributed by atoms with Gasteiger partial charge in [0.1, 0.15) is 15.2 Å². The summed E-state index contributed by atoms with van der Waals surface area (Å²) in [7, 11) is 0. The molecule has 1 amide bonds. The van der Waals surface area contributed by atoms with Crippen LogP contribution in [0.3, 0.4) is 0 Å². The zero-order valence-electron chi connectivity index (χ0n) is 12.0. The van der Waals surface area contributed by atoms with Gasteiger partial charge in [-0.3, -0.25) is 4.79 Å². The first-order valence-electron chi connectivity index (χ1n) is 6.85. The predicted molar refractivity (Wildman–Crippen MR) is 91.8 cm³/mol. The molecule has 1 aromatic rings. The number of carbonyl (C=O) groups is 1. The first kappa shape index (κ1) is 18.2. The highest BCUT2D eigenvalue weighted by molar-refractivity contribution is 9.14. The van der Waals surface area contributed by atoms with Gasteiger partial charge in [0.15, 0.2) is 0 Å². The third kappa shape index (κ3) is 4.07. The Kier molecular flexibility index (Phi) is 7.75. The summed E-state index contributed by atoms with van der Waals surface area (Å²) < 4.78 is 4.07. The summed E-state index contributed by atoms with van der Waals surface area (Å²) in [6.45, 7) is 7.78. The van der Waals surface area contributed by atoms with Crippen molar-refractivity contribution in [3.8, 4) is 0 Å². The fourth-order valence-corrected chi connectivity index (χ4v) is 3.51. The normalized spacial score (nSPS) is 12.5. The molecule has 20 heavy (non-hydrogen) atoms. The van der Waals surface area contributed by atoms with Gasteiger partial charge in [0.25, 0.3) is 0 Å². The van der Waals surface area contributed by atoms with E-state index in [0.717, 1.165) is 35.0 Å². The zero-order chi connectivity index (χ0) is 15.3. The zero-order valence-corrected chi connectivity index (χ0v) is 16.8. The minimum absolute atomic E-state index is 0.138. The average Bonchev–Trinajstić information content (AvgIpc) is 2.67. The van der Waals surface area contributed by atoms with Crippen molar-refractivity contribution in [3.63, 3.8) is 0 Å². The van der Waals surface area contributed by atoms with E-state index in [9.17, 15) is 4.79 Å². The Hall–Kier alpha value is 0.120. The van der Waals surface area contributed by atoms with Crippen molar-refractivity contribution in [2.24, 2.45) is 0 Å². The highest BCUT2D eigenvalue weighted by Gasteiger charge is 2.27. The van der Waals surface area contributed by atoms with E-state index in [1.54, 1.807) is 4.68 Å². The number of rotatable bonds is 7. The van der Waals surface area contributed by atoms with E-state index in [1.807, 2.05) is 11.8 Å². The molecule has 114 valence electrons. The van der Waals surface area contributed by atoms with Gasteiger partial charge in [0.2, 0.25) is 5.91 Å². The lowest BCUT2D eigenvalue weighted by atomic mass is 10.2. The molecule has 0 aromatic carbocycles. The number of hydrogen-bond donors (Lipinski definition) is 0. The van der Waals surface area contributed by atoms with E-state index in [1.165, 1.54) is 0 Å². The fraction of sp³-hybridized carbons (Fsp3) is 0.692. The Morgan fingerprint density at radius 3 is 2.10 bits per heavy atom. The molecule has 4 nitrogen and oxygen atoms in total. The van der Waals surface area contributed by atoms with Crippen LogP contribution >= 0.6 is 47.8 Å². The quantitative estimate of drug-likeness (QED) is 0.572. The van der Waals surface area contributed by atoms with Crippen LogP contribution in [-0.4, -0.2) is 33.7 Å². The molecule has 0 saturated heterocycles. The molecule has 0 aliphatic heterocycles. The predicted octanol–water partition coefficient (Wildman–Crippen LogP) is 4.77. The second-order valence-electron chi connectivity index (χ2n) is 4.59. The lowest BCUT2D eigenvalue weighted by Crippen LogP contribution is -2.38. The maximum Gasteiger partial charge on any atom is 0.247 e. The molecular formula is C13H20Br3N3O. The number of amides is 1. The van der Waals surface area contributed by atoms with E-state index >= 15 is 0 Å². The molecule has 0 spiro atoms. The minimum Gasteiger partial charge on any atom is -0.341 e. The van der Waals surface area contributed by atoms with Gasteiger partial charge in [-0.1, -0.05) is 20.8 Å². The van der Waals surface area contributed by atoms with Gasteiger partial charge >= 0.3 is 0 Å². The van der Waals surface area contributed by atoms with Crippen molar-refractivity contribution < 1.29 is 4.79 Å². The van der Waals surface area contributed by atoms with Crippen LogP contribution in [0.4, 0.5) is 0 Å². The van der Waals surface area contributed by atoms with Gasteiger partial charge in [-0.15, -0.1) is 0 Å². The maximum atomic E-state index is 12.7. The van der Waals surface area contributed by atoms with Gasteiger partial charge < -0.3 is 4.90 Å². The van der Waals surface area contributed by atoms with Crippen LogP contribution in [0.2, 0.25) is 0 Å². The number of nitrogens with zero attached hydrogens (tertiary/aromatic N) is 3. The molecule has 1 aromatic heterocycles. The maximum absolute atomic E-state index is 12.7. The summed E-state index contributed by atoms with van der Waals surface area (Å²) >= 11 is 10.3. The van der Waals surface area contributed by atoms with Crippen LogP contribution in [0.15, 0.2) is 13.7 Å².